The van der Waals surface area contributed by atoms with Gasteiger partial charge in [0.15, 0.2) is 0 Å². The van der Waals surface area contributed by atoms with Crippen molar-refractivity contribution in [2.45, 2.75) is 39.2 Å². The van der Waals surface area contributed by atoms with E-state index >= 15 is 0 Å². The summed E-state index contributed by atoms with van der Waals surface area (Å²) >= 11 is 0. The van der Waals surface area contributed by atoms with Gasteiger partial charge >= 0.3 is 0 Å². The molecule has 0 bridgehead atoms. The van der Waals surface area contributed by atoms with Crippen LogP contribution in [0.4, 0.5) is 5.69 Å². The molecule has 0 spiro atoms. The van der Waals surface area contributed by atoms with Gasteiger partial charge in [0.1, 0.15) is 18.1 Å². The molecule has 2 aromatic carbocycles. The minimum absolute atomic E-state index is 0.138. The van der Waals surface area contributed by atoms with Crippen LogP contribution in [0, 0.1) is 0 Å². The second-order valence-corrected chi connectivity index (χ2v) is 9.32. The smallest absolute Gasteiger partial charge is 0.232 e. The summed E-state index contributed by atoms with van der Waals surface area (Å²) in [6.07, 6.45) is 2.71. The minimum Gasteiger partial charge on any atom is -0.497 e. The number of hydrogen-bond acceptors (Lipinski definition) is 5. The van der Waals surface area contributed by atoms with Crippen LogP contribution in [-0.2, 0) is 21.2 Å². The van der Waals surface area contributed by atoms with Gasteiger partial charge in [-0.3, -0.25) is 9.10 Å². The van der Waals surface area contributed by atoms with Crippen molar-refractivity contribution in [3.05, 3.63) is 54.1 Å². The molecule has 1 amide bonds. The summed E-state index contributed by atoms with van der Waals surface area (Å²) < 4.78 is 36.5. The standard InChI is InChI=1S/C23H32N2O5S/c1-5-19-8-10-20(11-9-19)25(31(4,27)28)16-6-7-23(26)24-18(2)17-30-22-14-12-21(29-3)13-15-22/h8-15,18H,5-7,16-17H2,1-4H3,(H,24,26)/t18-/m1/s1. The molecule has 0 saturated heterocycles. The van der Waals surface area contributed by atoms with Gasteiger partial charge in [0, 0.05) is 13.0 Å². The van der Waals surface area contributed by atoms with Crippen LogP contribution in [-0.4, -0.2) is 46.9 Å². The lowest BCUT2D eigenvalue weighted by atomic mass is 10.1. The Hall–Kier alpha value is -2.74. The number of nitrogens with zero attached hydrogens (tertiary/aromatic N) is 1. The van der Waals surface area contributed by atoms with Gasteiger partial charge in [-0.15, -0.1) is 0 Å². The van der Waals surface area contributed by atoms with Crippen LogP contribution >= 0.6 is 0 Å². The third kappa shape index (κ3) is 8.13. The third-order valence-corrected chi connectivity index (χ3v) is 5.96. The average Bonchev–Trinajstić information content (AvgIpc) is 2.75. The number of amides is 1. The Balaban J connectivity index is 1.79. The van der Waals surface area contributed by atoms with E-state index in [0.717, 1.165) is 17.7 Å². The molecule has 0 aliphatic heterocycles. The monoisotopic (exact) mass is 448 g/mol. The van der Waals surface area contributed by atoms with Gasteiger partial charge in [0.05, 0.1) is 25.1 Å². The van der Waals surface area contributed by atoms with Crippen LogP contribution in [0.5, 0.6) is 11.5 Å². The number of benzene rings is 2. The molecule has 170 valence electrons. The summed E-state index contributed by atoms with van der Waals surface area (Å²) in [7, 11) is -1.83. The SMILES string of the molecule is CCc1ccc(N(CCCC(=O)N[C@H](C)COc2ccc(OC)cc2)S(C)(=O)=O)cc1. The van der Waals surface area contributed by atoms with E-state index in [0.29, 0.717) is 24.5 Å². The quantitative estimate of drug-likeness (QED) is 0.538. The second kappa shape index (κ2) is 11.6. The molecule has 8 heteroatoms. The molecule has 0 aliphatic rings. The molecular weight excluding hydrogens is 416 g/mol. The molecule has 0 radical (unpaired) electrons. The molecule has 0 aromatic heterocycles. The fourth-order valence-electron chi connectivity index (χ4n) is 3.05. The van der Waals surface area contributed by atoms with Crippen molar-refractivity contribution in [1.82, 2.24) is 5.32 Å². The van der Waals surface area contributed by atoms with Crippen molar-refractivity contribution in [3.8, 4) is 11.5 Å². The molecule has 0 fully saturated rings. The molecule has 0 aliphatic carbocycles. The van der Waals surface area contributed by atoms with E-state index in [1.54, 1.807) is 31.4 Å². The Morgan fingerprint density at radius 1 is 1.06 bits per heavy atom. The fraction of sp³-hybridized carbons (Fsp3) is 0.435. The highest BCUT2D eigenvalue weighted by molar-refractivity contribution is 7.92. The van der Waals surface area contributed by atoms with Crippen LogP contribution in [0.25, 0.3) is 0 Å². The Bertz CT molecular complexity index is 927. The normalized spacial score (nSPS) is 12.1. The Morgan fingerprint density at radius 3 is 2.23 bits per heavy atom. The summed E-state index contributed by atoms with van der Waals surface area (Å²) in [5.41, 5.74) is 1.75. The lowest BCUT2D eigenvalue weighted by Crippen LogP contribution is -2.37. The van der Waals surface area contributed by atoms with Crippen molar-refractivity contribution in [2.24, 2.45) is 0 Å². The van der Waals surface area contributed by atoms with E-state index in [4.69, 9.17) is 9.47 Å². The summed E-state index contributed by atoms with van der Waals surface area (Å²) in [6.45, 7) is 4.48. The predicted octanol–water partition coefficient (Wildman–Crippen LogP) is 3.39. The van der Waals surface area contributed by atoms with E-state index < -0.39 is 10.0 Å². The number of sulfonamides is 1. The highest BCUT2D eigenvalue weighted by Gasteiger charge is 2.18. The Morgan fingerprint density at radius 2 is 1.68 bits per heavy atom. The zero-order valence-electron chi connectivity index (χ0n) is 18.6. The number of aryl methyl sites for hydroxylation is 1. The van der Waals surface area contributed by atoms with Crippen molar-refractivity contribution in [1.29, 1.82) is 0 Å². The van der Waals surface area contributed by atoms with Gasteiger partial charge in [-0.2, -0.15) is 0 Å². The van der Waals surface area contributed by atoms with Gasteiger partial charge < -0.3 is 14.8 Å². The molecular formula is C23H32N2O5S. The van der Waals surface area contributed by atoms with Gasteiger partial charge in [-0.1, -0.05) is 19.1 Å². The van der Waals surface area contributed by atoms with Crippen LogP contribution in [0.3, 0.4) is 0 Å². The molecule has 0 unspecified atom stereocenters. The molecule has 2 rings (SSSR count). The van der Waals surface area contributed by atoms with Crippen molar-refractivity contribution in [2.75, 3.05) is 30.8 Å². The minimum atomic E-state index is -3.43. The zero-order valence-corrected chi connectivity index (χ0v) is 19.4. The van der Waals surface area contributed by atoms with E-state index in [1.165, 1.54) is 10.6 Å². The summed E-state index contributed by atoms with van der Waals surface area (Å²) in [5, 5.41) is 2.88. The molecule has 7 nitrogen and oxygen atoms in total. The highest BCUT2D eigenvalue weighted by atomic mass is 32.2. The maximum atomic E-state index is 12.2. The van der Waals surface area contributed by atoms with Crippen LogP contribution < -0.4 is 19.1 Å². The second-order valence-electron chi connectivity index (χ2n) is 7.41. The number of rotatable bonds is 12. The predicted molar refractivity (Wildman–Crippen MR) is 123 cm³/mol. The van der Waals surface area contributed by atoms with E-state index in [2.05, 4.69) is 5.32 Å². The maximum absolute atomic E-state index is 12.2. The number of anilines is 1. The first-order valence-electron chi connectivity index (χ1n) is 10.4. The molecule has 2 aromatic rings. The summed E-state index contributed by atoms with van der Waals surface area (Å²) in [4.78, 5) is 12.2. The van der Waals surface area contributed by atoms with E-state index in [-0.39, 0.29) is 24.9 Å². The maximum Gasteiger partial charge on any atom is 0.232 e. The van der Waals surface area contributed by atoms with Crippen molar-refractivity contribution < 1.29 is 22.7 Å². The Kier molecular flexibility index (Phi) is 9.18. The molecule has 0 saturated carbocycles. The Labute approximate surface area is 185 Å². The fourth-order valence-corrected chi connectivity index (χ4v) is 4.01. The van der Waals surface area contributed by atoms with E-state index in [1.807, 2.05) is 38.1 Å². The van der Waals surface area contributed by atoms with E-state index in [9.17, 15) is 13.2 Å². The van der Waals surface area contributed by atoms with Gasteiger partial charge in [-0.05, 0) is 61.7 Å². The number of carbonyl (C=O) groups excluding carboxylic acids is 1. The number of nitrogens with one attached hydrogen (secondary N) is 1. The summed E-state index contributed by atoms with van der Waals surface area (Å²) in [6, 6.07) is 14.5. The summed E-state index contributed by atoms with van der Waals surface area (Å²) in [5.74, 6) is 1.30. The van der Waals surface area contributed by atoms with Crippen LogP contribution in [0.15, 0.2) is 48.5 Å². The van der Waals surface area contributed by atoms with Gasteiger partial charge in [0.2, 0.25) is 15.9 Å². The number of methoxy groups -OCH3 is 1. The van der Waals surface area contributed by atoms with Crippen molar-refractivity contribution in [3.63, 3.8) is 0 Å². The average molecular weight is 449 g/mol. The first kappa shape index (κ1) is 24.5. The number of carbonyl (C=O) groups is 1. The molecule has 0 heterocycles. The van der Waals surface area contributed by atoms with Gasteiger partial charge in [0.25, 0.3) is 0 Å². The lowest BCUT2D eigenvalue weighted by Gasteiger charge is -2.23. The zero-order chi connectivity index (χ0) is 22.9. The largest absolute Gasteiger partial charge is 0.497 e. The van der Waals surface area contributed by atoms with Gasteiger partial charge in [-0.25, -0.2) is 8.42 Å². The lowest BCUT2D eigenvalue weighted by molar-refractivity contribution is -0.121. The number of hydrogen-bond donors (Lipinski definition) is 1. The first-order chi connectivity index (χ1) is 14.7. The molecule has 31 heavy (non-hydrogen) atoms. The van der Waals surface area contributed by atoms with Crippen molar-refractivity contribution >= 4 is 21.6 Å². The first-order valence-corrected chi connectivity index (χ1v) is 12.2. The topological polar surface area (TPSA) is 84.9 Å². The number of ether oxygens (including phenoxy) is 2. The highest BCUT2D eigenvalue weighted by Crippen LogP contribution is 2.20. The van der Waals surface area contributed by atoms with Crippen LogP contribution in [0.2, 0.25) is 0 Å². The molecule has 1 atom stereocenters. The van der Waals surface area contributed by atoms with Crippen LogP contribution in [0.1, 0.15) is 32.3 Å². The molecule has 1 N–H and O–H groups in total. The third-order valence-electron chi connectivity index (χ3n) is 4.76.